The summed E-state index contributed by atoms with van der Waals surface area (Å²) >= 11 is 0. The smallest absolute Gasteiger partial charge is 0.280 e. The average molecular weight is 292 g/mol. The quantitative estimate of drug-likeness (QED) is 0.319. The minimum atomic E-state index is -0.529. The number of nitrogens with zero attached hydrogens (tertiary/aromatic N) is 2. The Labute approximate surface area is 123 Å². The van der Waals surface area contributed by atoms with E-state index in [0.717, 1.165) is 18.2 Å². The summed E-state index contributed by atoms with van der Waals surface area (Å²) in [6, 6.07) is 4.61. The highest BCUT2D eigenvalue weighted by Crippen LogP contribution is 2.29. The molecule has 1 aromatic rings. The molecule has 1 fully saturated rings. The van der Waals surface area contributed by atoms with Crippen molar-refractivity contribution in [2.75, 3.05) is 31.7 Å². The number of ether oxygens (including phenoxy) is 1. The molecule has 2 rings (SSSR count). The van der Waals surface area contributed by atoms with Crippen LogP contribution in [0.5, 0.6) is 0 Å². The molecule has 0 bridgehead atoms. The fraction of sp³-hybridized carbons (Fsp3) is 0.533. The molecule has 0 unspecified atom stereocenters. The molecule has 0 saturated heterocycles. The van der Waals surface area contributed by atoms with E-state index in [4.69, 9.17) is 4.74 Å². The van der Waals surface area contributed by atoms with Crippen LogP contribution in [-0.2, 0) is 4.74 Å². The average Bonchev–Trinajstić information content (AvgIpc) is 3.26. The molecule has 0 amide bonds. The number of ketones is 1. The second-order valence-electron chi connectivity index (χ2n) is 5.45. The third-order valence-electron chi connectivity index (χ3n) is 3.62. The van der Waals surface area contributed by atoms with Crippen molar-refractivity contribution < 1.29 is 14.5 Å². The van der Waals surface area contributed by atoms with Crippen LogP contribution in [0.15, 0.2) is 18.2 Å². The number of hydrogen-bond acceptors (Lipinski definition) is 5. The van der Waals surface area contributed by atoms with Gasteiger partial charge in [-0.05, 0) is 37.8 Å². The number of Topliss-reactive ketones (excluding diaryl/α,β-unsaturated/α-hetero) is 1. The Hall–Kier alpha value is -1.95. The molecule has 0 atom stereocenters. The molecule has 1 aliphatic rings. The molecule has 114 valence electrons. The largest absolute Gasteiger partial charge is 0.379 e. The van der Waals surface area contributed by atoms with E-state index >= 15 is 0 Å². The molecule has 1 saturated carbocycles. The van der Waals surface area contributed by atoms with Crippen molar-refractivity contribution in [1.82, 2.24) is 0 Å². The van der Waals surface area contributed by atoms with Gasteiger partial charge in [-0.3, -0.25) is 14.9 Å². The van der Waals surface area contributed by atoms with Crippen molar-refractivity contribution >= 4 is 17.2 Å². The lowest BCUT2D eigenvalue weighted by molar-refractivity contribution is -0.385. The number of rotatable bonds is 8. The SMILES string of the molecule is CC(=O)c1cc(N(C)CCOCC2CC2)ccc1[N+](=O)[O-]. The van der Waals surface area contributed by atoms with Crippen LogP contribution >= 0.6 is 0 Å². The standard InChI is InChI=1S/C15H20N2O4/c1-11(18)14-9-13(5-6-15(14)17(19)20)16(2)7-8-21-10-12-3-4-12/h5-6,9,12H,3-4,7-8,10H2,1-2H3. The maximum atomic E-state index is 11.5. The number of hydrogen-bond donors (Lipinski definition) is 0. The van der Waals surface area contributed by atoms with Crippen LogP contribution in [-0.4, -0.2) is 37.5 Å². The summed E-state index contributed by atoms with van der Waals surface area (Å²) in [4.78, 5) is 23.9. The summed E-state index contributed by atoms with van der Waals surface area (Å²) in [5, 5.41) is 10.9. The predicted octanol–water partition coefficient (Wildman–Crippen LogP) is 2.66. The fourth-order valence-electron chi connectivity index (χ4n) is 2.07. The van der Waals surface area contributed by atoms with Crippen LogP contribution < -0.4 is 4.90 Å². The summed E-state index contributed by atoms with van der Waals surface area (Å²) in [7, 11) is 1.88. The molecule has 6 heteroatoms. The summed E-state index contributed by atoms with van der Waals surface area (Å²) in [5.41, 5.74) is 0.772. The molecule has 1 aromatic carbocycles. The maximum Gasteiger partial charge on any atom is 0.280 e. The van der Waals surface area contributed by atoms with E-state index in [1.54, 1.807) is 12.1 Å². The zero-order valence-electron chi connectivity index (χ0n) is 12.4. The number of carbonyl (C=O) groups is 1. The van der Waals surface area contributed by atoms with Gasteiger partial charge in [0, 0.05) is 32.0 Å². The van der Waals surface area contributed by atoms with Gasteiger partial charge in [-0.2, -0.15) is 0 Å². The van der Waals surface area contributed by atoms with Gasteiger partial charge in [-0.1, -0.05) is 0 Å². The lowest BCUT2D eigenvalue weighted by Crippen LogP contribution is -2.23. The third-order valence-corrected chi connectivity index (χ3v) is 3.62. The zero-order chi connectivity index (χ0) is 15.4. The minimum absolute atomic E-state index is 0.142. The van der Waals surface area contributed by atoms with Gasteiger partial charge in [0.15, 0.2) is 5.78 Å². The third kappa shape index (κ3) is 4.26. The van der Waals surface area contributed by atoms with Crippen molar-refractivity contribution in [2.24, 2.45) is 5.92 Å². The second-order valence-corrected chi connectivity index (χ2v) is 5.45. The Morgan fingerprint density at radius 3 is 2.76 bits per heavy atom. The Morgan fingerprint density at radius 2 is 2.19 bits per heavy atom. The van der Waals surface area contributed by atoms with Gasteiger partial charge in [0.1, 0.15) is 0 Å². The van der Waals surface area contributed by atoms with E-state index in [0.29, 0.717) is 13.2 Å². The predicted molar refractivity (Wildman–Crippen MR) is 79.9 cm³/mol. The lowest BCUT2D eigenvalue weighted by atomic mass is 10.1. The Morgan fingerprint density at radius 1 is 1.48 bits per heavy atom. The van der Waals surface area contributed by atoms with Crippen molar-refractivity contribution in [2.45, 2.75) is 19.8 Å². The van der Waals surface area contributed by atoms with E-state index in [-0.39, 0.29) is 17.0 Å². The highest BCUT2D eigenvalue weighted by molar-refractivity contribution is 5.99. The van der Waals surface area contributed by atoms with Crippen LogP contribution in [0.25, 0.3) is 0 Å². The van der Waals surface area contributed by atoms with Crippen molar-refractivity contribution in [3.8, 4) is 0 Å². The lowest BCUT2D eigenvalue weighted by Gasteiger charge is -2.19. The molecule has 0 aromatic heterocycles. The molecule has 0 aliphatic heterocycles. The first-order chi connectivity index (χ1) is 9.99. The highest BCUT2D eigenvalue weighted by Gasteiger charge is 2.21. The Kier molecular flexibility index (Phi) is 4.90. The first-order valence-electron chi connectivity index (χ1n) is 7.07. The minimum Gasteiger partial charge on any atom is -0.379 e. The van der Waals surface area contributed by atoms with Gasteiger partial charge in [0.2, 0.25) is 0 Å². The van der Waals surface area contributed by atoms with Crippen LogP contribution in [0.4, 0.5) is 11.4 Å². The van der Waals surface area contributed by atoms with Gasteiger partial charge in [-0.15, -0.1) is 0 Å². The Balaban J connectivity index is 1.98. The van der Waals surface area contributed by atoms with Gasteiger partial charge >= 0.3 is 0 Å². The van der Waals surface area contributed by atoms with Crippen LogP contribution in [0.1, 0.15) is 30.1 Å². The van der Waals surface area contributed by atoms with Crippen molar-refractivity contribution in [3.63, 3.8) is 0 Å². The van der Waals surface area contributed by atoms with Gasteiger partial charge in [0.25, 0.3) is 5.69 Å². The number of benzene rings is 1. The zero-order valence-corrected chi connectivity index (χ0v) is 12.4. The normalized spacial score (nSPS) is 14.0. The molecule has 0 spiro atoms. The number of likely N-dealkylation sites (N-methyl/N-ethyl adjacent to an activating group) is 1. The molecule has 6 nitrogen and oxygen atoms in total. The van der Waals surface area contributed by atoms with E-state index < -0.39 is 4.92 Å². The topological polar surface area (TPSA) is 72.7 Å². The van der Waals surface area contributed by atoms with Crippen LogP contribution in [0, 0.1) is 16.0 Å². The van der Waals surface area contributed by atoms with Crippen molar-refractivity contribution in [1.29, 1.82) is 0 Å². The molecule has 0 N–H and O–H groups in total. The summed E-state index contributed by atoms with van der Waals surface area (Å²) in [6.45, 7) is 3.44. The number of anilines is 1. The fourth-order valence-corrected chi connectivity index (χ4v) is 2.07. The number of nitro benzene ring substituents is 1. The molecule has 0 radical (unpaired) electrons. The molecular weight excluding hydrogens is 272 g/mol. The molecule has 1 aliphatic carbocycles. The van der Waals surface area contributed by atoms with Gasteiger partial charge in [-0.25, -0.2) is 0 Å². The first kappa shape index (κ1) is 15.4. The van der Waals surface area contributed by atoms with Crippen LogP contribution in [0.3, 0.4) is 0 Å². The summed E-state index contributed by atoms with van der Waals surface area (Å²) in [6.07, 6.45) is 2.53. The number of carbonyl (C=O) groups excluding carboxylic acids is 1. The summed E-state index contributed by atoms with van der Waals surface area (Å²) in [5.74, 6) is 0.431. The van der Waals surface area contributed by atoms with E-state index in [1.807, 2.05) is 11.9 Å². The van der Waals surface area contributed by atoms with Gasteiger partial charge < -0.3 is 9.64 Å². The second kappa shape index (κ2) is 6.67. The highest BCUT2D eigenvalue weighted by atomic mass is 16.6. The van der Waals surface area contributed by atoms with E-state index in [2.05, 4.69) is 0 Å². The van der Waals surface area contributed by atoms with E-state index in [1.165, 1.54) is 25.8 Å². The first-order valence-corrected chi connectivity index (χ1v) is 7.07. The van der Waals surface area contributed by atoms with Crippen molar-refractivity contribution in [3.05, 3.63) is 33.9 Å². The maximum absolute atomic E-state index is 11.5. The van der Waals surface area contributed by atoms with Gasteiger partial charge in [0.05, 0.1) is 17.1 Å². The molecule has 0 heterocycles. The summed E-state index contributed by atoms with van der Waals surface area (Å²) < 4.78 is 5.57. The Bertz CT molecular complexity index is 540. The molecule has 21 heavy (non-hydrogen) atoms. The monoisotopic (exact) mass is 292 g/mol. The molecular formula is C15H20N2O4. The van der Waals surface area contributed by atoms with Crippen LogP contribution in [0.2, 0.25) is 0 Å². The number of nitro groups is 1. The van der Waals surface area contributed by atoms with E-state index in [9.17, 15) is 14.9 Å².